The van der Waals surface area contributed by atoms with Crippen molar-refractivity contribution in [2.24, 2.45) is 5.41 Å². The van der Waals surface area contributed by atoms with Gasteiger partial charge in [0, 0.05) is 10.9 Å². The molecule has 0 saturated heterocycles. The second-order valence-electron chi connectivity index (χ2n) is 4.34. The molecule has 0 unspecified atom stereocenters. The Labute approximate surface area is 111 Å². The van der Waals surface area contributed by atoms with Gasteiger partial charge in [0.15, 0.2) is 0 Å². The predicted octanol–water partition coefficient (Wildman–Crippen LogP) is 0.574. The number of alkyl halides is 1. The van der Waals surface area contributed by atoms with E-state index < -0.39 is 16.9 Å². The van der Waals surface area contributed by atoms with Crippen molar-refractivity contribution in [1.29, 1.82) is 0 Å². The molecule has 0 spiro atoms. The fraction of sp³-hybridized carbons (Fsp3) is 0.364. The standard InChI is InChI=1S/C11H11BrN2O4/c1-11(4-7(11)12)10(17)14-13-9(16)6-2-3-8(15)18-5-6/h2-3,5,7H,4H2,1H3,(H,13,16)(H,14,17)/t7-,11-/m1/s1. The van der Waals surface area contributed by atoms with E-state index in [9.17, 15) is 14.4 Å². The van der Waals surface area contributed by atoms with Crippen LogP contribution in [0.25, 0.3) is 0 Å². The molecule has 1 heterocycles. The van der Waals surface area contributed by atoms with Crippen LogP contribution in [0, 0.1) is 5.41 Å². The Morgan fingerprint density at radius 2 is 2.11 bits per heavy atom. The Morgan fingerprint density at radius 3 is 2.61 bits per heavy atom. The largest absolute Gasteiger partial charge is 0.430 e. The van der Waals surface area contributed by atoms with Crippen LogP contribution in [0.4, 0.5) is 0 Å². The van der Waals surface area contributed by atoms with Crippen LogP contribution in [-0.4, -0.2) is 16.6 Å². The minimum absolute atomic E-state index is 0.136. The lowest BCUT2D eigenvalue weighted by Crippen LogP contribution is -2.45. The highest BCUT2D eigenvalue weighted by molar-refractivity contribution is 9.09. The van der Waals surface area contributed by atoms with E-state index in [4.69, 9.17) is 0 Å². The molecule has 0 bridgehead atoms. The SMILES string of the molecule is C[C@@]1(C(=O)NNC(=O)c2ccc(=O)oc2)C[C@H]1Br. The zero-order valence-electron chi connectivity index (χ0n) is 9.53. The molecule has 1 saturated carbocycles. The van der Waals surface area contributed by atoms with E-state index in [1.165, 1.54) is 6.07 Å². The van der Waals surface area contributed by atoms with Gasteiger partial charge in [-0.1, -0.05) is 15.9 Å². The molecule has 2 rings (SSSR count). The first-order valence-corrected chi connectivity index (χ1v) is 6.19. The van der Waals surface area contributed by atoms with E-state index in [0.717, 1.165) is 18.8 Å². The maximum atomic E-state index is 11.7. The van der Waals surface area contributed by atoms with Gasteiger partial charge in [-0.2, -0.15) is 0 Å². The molecule has 0 aromatic carbocycles. The first-order valence-electron chi connectivity index (χ1n) is 5.27. The zero-order valence-corrected chi connectivity index (χ0v) is 11.1. The lowest BCUT2D eigenvalue weighted by atomic mass is 10.1. The maximum Gasteiger partial charge on any atom is 0.335 e. The Kier molecular flexibility index (Phi) is 3.25. The number of carbonyl (C=O) groups is 2. The number of rotatable bonds is 2. The van der Waals surface area contributed by atoms with Gasteiger partial charge in [-0.25, -0.2) is 4.79 Å². The summed E-state index contributed by atoms with van der Waals surface area (Å²) >= 11 is 3.34. The molecule has 0 radical (unpaired) electrons. The second-order valence-corrected chi connectivity index (χ2v) is 5.45. The van der Waals surface area contributed by atoms with Crippen molar-refractivity contribution in [3.05, 3.63) is 34.4 Å². The smallest absolute Gasteiger partial charge is 0.335 e. The lowest BCUT2D eigenvalue weighted by molar-refractivity contribution is -0.126. The molecule has 6 nitrogen and oxygen atoms in total. The first-order chi connectivity index (χ1) is 8.43. The first kappa shape index (κ1) is 12.8. The zero-order chi connectivity index (χ0) is 13.3. The highest BCUT2D eigenvalue weighted by Crippen LogP contribution is 2.51. The molecule has 2 atom stereocenters. The van der Waals surface area contributed by atoms with E-state index in [1.54, 1.807) is 6.92 Å². The summed E-state index contributed by atoms with van der Waals surface area (Å²) in [4.78, 5) is 34.1. The molecule has 1 aliphatic carbocycles. The summed E-state index contributed by atoms with van der Waals surface area (Å²) in [5.74, 6) is -0.794. The molecule has 96 valence electrons. The van der Waals surface area contributed by atoms with E-state index in [0.29, 0.717) is 0 Å². The molecule has 2 N–H and O–H groups in total. The highest BCUT2D eigenvalue weighted by atomic mass is 79.9. The molecule has 18 heavy (non-hydrogen) atoms. The molecular weight excluding hydrogens is 304 g/mol. The molecule has 1 aromatic rings. The lowest BCUT2D eigenvalue weighted by Gasteiger charge is -2.11. The van der Waals surface area contributed by atoms with Crippen LogP contribution in [0.5, 0.6) is 0 Å². The van der Waals surface area contributed by atoms with Gasteiger partial charge in [0.1, 0.15) is 6.26 Å². The fourth-order valence-corrected chi connectivity index (χ4v) is 2.24. The number of hydrogen-bond donors (Lipinski definition) is 2. The fourth-order valence-electron chi connectivity index (χ4n) is 1.36. The van der Waals surface area contributed by atoms with Crippen LogP contribution < -0.4 is 16.5 Å². The number of carbonyl (C=O) groups excluding carboxylic acids is 2. The van der Waals surface area contributed by atoms with Crippen LogP contribution in [0.3, 0.4) is 0 Å². The summed E-state index contributed by atoms with van der Waals surface area (Å²) in [6, 6.07) is 2.45. The average molecular weight is 315 g/mol. The molecule has 2 amide bonds. The van der Waals surface area contributed by atoms with Crippen molar-refractivity contribution in [2.45, 2.75) is 18.2 Å². The minimum Gasteiger partial charge on any atom is -0.430 e. The van der Waals surface area contributed by atoms with Crippen LogP contribution in [0.15, 0.2) is 27.6 Å². The van der Waals surface area contributed by atoms with E-state index in [-0.39, 0.29) is 16.3 Å². The van der Waals surface area contributed by atoms with Gasteiger partial charge in [-0.3, -0.25) is 20.4 Å². The third-order valence-corrected chi connectivity index (χ3v) is 4.24. The highest BCUT2D eigenvalue weighted by Gasteiger charge is 2.54. The summed E-state index contributed by atoms with van der Waals surface area (Å²) in [5.41, 5.74) is 3.75. The molecule has 7 heteroatoms. The monoisotopic (exact) mass is 314 g/mol. The van der Waals surface area contributed by atoms with Crippen LogP contribution in [-0.2, 0) is 4.79 Å². The summed E-state index contributed by atoms with van der Waals surface area (Å²) in [5, 5.41) is 0. The van der Waals surface area contributed by atoms with Crippen molar-refractivity contribution in [1.82, 2.24) is 10.9 Å². The third kappa shape index (κ3) is 2.45. The normalized spacial score (nSPS) is 25.3. The van der Waals surface area contributed by atoms with Gasteiger partial charge in [0.2, 0.25) is 5.91 Å². The Bertz CT molecular complexity index is 536. The Hall–Kier alpha value is -1.63. The maximum absolute atomic E-state index is 11.7. The quantitative estimate of drug-likeness (QED) is 0.617. The second kappa shape index (κ2) is 4.56. The Balaban J connectivity index is 1.91. The number of hydrazine groups is 1. The predicted molar refractivity (Wildman–Crippen MR) is 66.0 cm³/mol. The summed E-state index contributed by atoms with van der Waals surface area (Å²) in [7, 11) is 0. The van der Waals surface area contributed by atoms with Crippen molar-refractivity contribution >= 4 is 27.7 Å². The molecular formula is C11H11BrN2O4. The number of nitrogens with one attached hydrogen (secondary N) is 2. The van der Waals surface area contributed by atoms with Gasteiger partial charge in [0.05, 0.1) is 11.0 Å². The number of amides is 2. The van der Waals surface area contributed by atoms with Crippen LogP contribution >= 0.6 is 15.9 Å². The summed E-state index contributed by atoms with van der Waals surface area (Å²) in [6.07, 6.45) is 1.77. The minimum atomic E-state index is -0.539. The number of hydrogen-bond acceptors (Lipinski definition) is 4. The van der Waals surface area contributed by atoms with E-state index in [1.807, 2.05) is 0 Å². The van der Waals surface area contributed by atoms with Crippen LogP contribution in [0.2, 0.25) is 0 Å². The molecule has 1 fully saturated rings. The molecule has 0 aliphatic heterocycles. The van der Waals surface area contributed by atoms with Gasteiger partial charge in [-0.05, 0) is 19.4 Å². The Morgan fingerprint density at radius 1 is 1.44 bits per heavy atom. The molecule has 1 aliphatic rings. The van der Waals surface area contributed by atoms with Crippen molar-refractivity contribution in [3.63, 3.8) is 0 Å². The van der Waals surface area contributed by atoms with Crippen molar-refractivity contribution in [3.8, 4) is 0 Å². The topological polar surface area (TPSA) is 88.4 Å². The summed E-state index contributed by atoms with van der Waals surface area (Å²) < 4.78 is 4.55. The van der Waals surface area contributed by atoms with E-state index >= 15 is 0 Å². The van der Waals surface area contributed by atoms with Gasteiger partial charge < -0.3 is 4.42 Å². The third-order valence-electron chi connectivity index (χ3n) is 2.91. The number of halogens is 1. The van der Waals surface area contributed by atoms with Gasteiger partial charge in [0.25, 0.3) is 5.91 Å². The average Bonchev–Trinajstić information content (AvgIpc) is 2.96. The van der Waals surface area contributed by atoms with Crippen molar-refractivity contribution in [2.75, 3.05) is 0 Å². The van der Waals surface area contributed by atoms with Crippen molar-refractivity contribution < 1.29 is 14.0 Å². The molecule has 1 aromatic heterocycles. The van der Waals surface area contributed by atoms with Gasteiger partial charge in [-0.15, -0.1) is 0 Å². The van der Waals surface area contributed by atoms with Gasteiger partial charge >= 0.3 is 5.63 Å². The van der Waals surface area contributed by atoms with E-state index in [2.05, 4.69) is 31.2 Å². The summed E-state index contributed by atoms with van der Waals surface area (Å²) in [6.45, 7) is 1.80. The van der Waals surface area contributed by atoms with Crippen LogP contribution in [0.1, 0.15) is 23.7 Å².